The van der Waals surface area contributed by atoms with Gasteiger partial charge < -0.3 is 9.47 Å². The van der Waals surface area contributed by atoms with Crippen molar-refractivity contribution in [2.24, 2.45) is 0 Å². The van der Waals surface area contributed by atoms with Crippen molar-refractivity contribution >= 4 is 22.1 Å². The van der Waals surface area contributed by atoms with Crippen molar-refractivity contribution in [2.75, 3.05) is 0 Å². The number of ether oxygens (including phenoxy) is 2. The summed E-state index contributed by atoms with van der Waals surface area (Å²) >= 11 is 0. The van der Waals surface area contributed by atoms with Crippen molar-refractivity contribution in [3.63, 3.8) is 0 Å². The van der Waals surface area contributed by atoms with Crippen LogP contribution < -0.4 is 0 Å². The summed E-state index contributed by atoms with van der Waals surface area (Å²) in [5, 5.41) is 0. The Morgan fingerprint density at radius 1 is 0.587 bits per heavy atom. The van der Waals surface area contributed by atoms with E-state index < -0.39 is 32.5 Å². The summed E-state index contributed by atoms with van der Waals surface area (Å²) in [5.41, 5.74) is -0.841. The largest absolute Gasteiger partial charge is 0.431 e. The molecule has 1 aromatic rings. The van der Waals surface area contributed by atoms with Gasteiger partial charge in [-0.05, 0) is 50.0 Å². The summed E-state index contributed by atoms with van der Waals surface area (Å²) in [7, 11) is -4.79. The Kier molecular flexibility index (Phi) is 25.0. The first-order valence-electron chi connectivity index (χ1n) is 18.1. The van der Waals surface area contributed by atoms with Crippen molar-refractivity contribution in [1.29, 1.82) is 0 Å². The van der Waals surface area contributed by atoms with Crippen LogP contribution in [0.5, 0.6) is 0 Å². The molecule has 0 saturated heterocycles. The molecule has 0 fully saturated rings. The van der Waals surface area contributed by atoms with E-state index in [4.69, 9.17) is 9.47 Å². The van der Waals surface area contributed by atoms with Gasteiger partial charge in [-0.1, -0.05) is 148 Å². The lowest BCUT2D eigenvalue weighted by molar-refractivity contribution is 0.0614. The minimum absolute atomic E-state index is 0.293. The monoisotopic (exact) mass is 662 g/mol. The summed E-state index contributed by atoms with van der Waals surface area (Å²) in [6.45, 7) is 4.47. The summed E-state index contributed by atoms with van der Waals surface area (Å²) in [5.74, 6) is -1.96. The van der Waals surface area contributed by atoms with Crippen LogP contribution in [0, 0.1) is 0 Å². The van der Waals surface area contributed by atoms with Gasteiger partial charge in [0.2, 0.25) is 0 Å². The summed E-state index contributed by atoms with van der Waals surface area (Å²) in [6.07, 6.45) is 34.7. The van der Waals surface area contributed by atoms with Crippen LogP contribution in [0.3, 0.4) is 0 Å². The second-order valence-corrected chi connectivity index (χ2v) is 13.7. The van der Waals surface area contributed by atoms with Crippen LogP contribution in [0.4, 0.5) is 0 Å². The molecule has 0 aliphatic carbocycles. The van der Waals surface area contributed by atoms with Crippen LogP contribution in [0.1, 0.15) is 189 Å². The number of rotatable bonds is 29. The number of esters is 2. The molecule has 46 heavy (non-hydrogen) atoms. The van der Waals surface area contributed by atoms with E-state index in [2.05, 4.69) is 13.8 Å². The number of benzene rings is 1. The topological polar surface area (TPSA) is 107 Å². The molecule has 0 amide bonds. The van der Waals surface area contributed by atoms with E-state index in [1.165, 1.54) is 140 Å². The standard InChI is InChI=1S/C38H62O7S/c1-3-5-7-9-11-13-15-17-19-21-23-25-27-32-44-37(39)34-30-29-31-35(46(41,42)43)36(34)38(40)45-33-28-26-24-22-20-18-16-14-12-10-8-6-4-2/h27-33H,3-26H2,1-2H3,(H,41,42,43)/b32-27+,33-28+. The zero-order valence-electron chi connectivity index (χ0n) is 28.8. The predicted octanol–water partition coefficient (Wildman–Crippen LogP) is 11.7. The lowest BCUT2D eigenvalue weighted by Gasteiger charge is -2.10. The molecule has 1 N–H and O–H groups in total. The van der Waals surface area contributed by atoms with E-state index in [1.54, 1.807) is 12.2 Å². The van der Waals surface area contributed by atoms with Crippen molar-refractivity contribution in [3.05, 3.63) is 54.0 Å². The molecule has 0 aromatic heterocycles. The summed E-state index contributed by atoms with van der Waals surface area (Å²) < 4.78 is 44.1. The molecule has 8 heteroatoms. The molecule has 0 unspecified atom stereocenters. The fraction of sp³-hybridized carbons (Fsp3) is 0.684. The van der Waals surface area contributed by atoms with Gasteiger partial charge in [0.15, 0.2) is 0 Å². The molecule has 0 heterocycles. The first kappa shape index (κ1) is 41.6. The summed E-state index contributed by atoms with van der Waals surface area (Å²) in [6, 6.07) is 3.60. The van der Waals surface area contributed by atoms with E-state index >= 15 is 0 Å². The number of hydrogen-bond donors (Lipinski definition) is 1. The van der Waals surface area contributed by atoms with Crippen molar-refractivity contribution < 1.29 is 32.0 Å². The van der Waals surface area contributed by atoms with Gasteiger partial charge in [0.05, 0.1) is 23.7 Å². The van der Waals surface area contributed by atoms with E-state index in [-0.39, 0.29) is 5.56 Å². The number of carbonyl (C=O) groups is 2. The highest BCUT2D eigenvalue weighted by Gasteiger charge is 2.28. The minimum atomic E-state index is -4.79. The molecule has 7 nitrogen and oxygen atoms in total. The maximum Gasteiger partial charge on any atom is 0.345 e. The molecule has 0 aliphatic heterocycles. The zero-order chi connectivity index (χ0) is 33.7. The second kappa shape index (κ2) is 27.6. The third kappa shape index (κ3) is 20.6. The fourth-order valence-corrected chi connectivity index (χ4v) is 6.16. The third-order valence-corrected chi connectivity index (χ3v) is 9.12. The number of unbranched alkanes of at least 4 members (excludes halogenated alkanes) is 22. The highest BCUT2D eigenvalue weighted by atomic mass is 32.2. The van der Waals surface area contributed by atoms with Crippen LogP contribution in [0.2, 0.25) is 0 Å². The molecule has 0 bridgehead atoms. The van der Waals surface area contributed by atoms with Gasteiger partial charge in [0.25, 0.3) is 10.1 Å². The van der Waals surface area contributed by atoms with Crippen molar-refractivity contribution in [1.82, 2.24) is 0 Å². The average Bonchev–Trinajstić information content (AvgIpc) is 3.04. The van der Waals surface area contributed by atoms with E-state index in [9.17, 15) is 22.6 Å². The van der Waals surface area contributed by atoms with Gasteiger partial charge >= 0.3 is 11.9 Å². The Hall–Kier alpha value is -2.45. The van der Waals surface area contributed by atoms with Crippen LogP contribution in [0.25, 0.3) is 0 Å². The maximum atomic E-state index is 12.9. The van der Waals surface area contributed by atoms with Gasteiger partial charge in [0, 0.05) is 0 Å². The van der Waals surface area contributed by atoms with Crippen LogP contribution >= 0.6 is 0 Å². The molecule has 1 rings (SSSR count). The SMILES string of the molecule is CCCCCCCCCCCCC/C=C/OC(=O)c1cccc(S(=O)(=O)O)c1C(=O)O/C=C/CCCCCCCCCCCCC. The normalized spacial score (nSPS) is 11.9. The van der Waals surface area contributed by atoms with E-state index in [0.717, 1.165) is 38.2 Å². The van der Waals surface area contributed by atoms with Crippen molar-refractivity contribution in [2.45, 2.75) is 173 Å². The summed E-state index contributed by atoms with van der Waals surface area (Å²) in [4.78, 5) is 25.0. The molecule has 0 spiro atoms. The predicted molar refractivity (Wildman–Crippen MR) is 188 cm³/mol. The highest BCUT2D eigenvalue weighted by Crippen LogP contribution is 2.23. The maximum absolute atomic E-state index is 12.9. The Morgan fingerprint density at radius 3 is 1.35 bits per heavy atom. The lowest BCUT2D eigenvalue weighted by Crippen LogP contribution is -2.16. The minimum Gasteiger partial charge on any atom is -0.431 e. The molecular formula is C38H62O7S. The number of hydrogen-bond acceptors (Lipinski definition) is 6. The van der Waals surface area contributed by atoms with Gasteiger partial charge in [-0.25, -0.2) is 9.59 Å². The first-order valence-corrected chi connectivity index (χ1v) is 19.6. The van der Waals surface area contributed by atoms with Crippen LogP contribution in [0.15, 0.2) is 47.8 Å². The third-order valence-electron chi connectivity index (χ3n) is 8.22. The Balaban J connectivity index is 2.44. The highest BCUT2D eigenvalue weighted by molar-refractivity contribution is 7.86. The van der Waals surface area contributed by atoms with Crippen LogP contribution in [-0.2, 0) is 19.6 Å². The van der Waals surface area contributed by atoms with Gasteiger partial charge in [-0.15, -0.1) is 0 Å². The number of allylic oxidation sites excluding steroid dienone is 2. The van der Waals surface area contributed by atoms with Gasteiger partial charge in [-0.2, -0.15) is 8.42 Å². The quantitative estimate of drug-likeness (QED) is 0.0393. The second-order valence-electron chi connectivity index (χ2n) is 12.4. The van der Waals surface area contributed by atoms with Crippen molar-refractivity contribution in [3.8, 4) is 0 Å². The first-order chi connectivity index (χ1) is 22.3. The molecular weight excluding hydrogens is 600 g/mol. The van der Waals surface area contributed by atoms with Gasteiger partial charge in [-0.3, -0.25) is 4.55 Å². The molecule has 262 valence electrons. The zero-order valence-corrected chi connectivity index (χ0v) is 29.6. The fourth-order valence-electron chi connectivity index (χ4n) is 5.46. The molecule has 0 saturated carbocycles. The van der Waals surface area contributed by atoms with Crippen LogP contribution in [-0.4, -0.2) is 24.9 Å². The number of carbonyl (C=O) groups excluding carboxylic acids is 2. The van der Waals surface area contributed by atoms with Gasteiger partial charge in [0.1, 0.15) is 4.90 Å². The molecule has 1 aromatic carbocycles. The Bertz CT molecular complexity index is 1110. The average molecular weight is 663 g/mol. The van der Waals surface area contributed by atoms with E-state index in [0.29, 0.717) is 6.42 Å². The smallest absolute Gasteiger partial charge is 0.345 e. The lowest BCUT2D eigenvalue weighted by atomic mass is 10.1. The Labute approximate surface area is 280 Å². The molecule has 0 aliphatic rings. The Morgan fingerprint density at radius 2 is 0.957 bits per heavy atom. The molecule has 0 atom stereocenters. The molecule has 0 radical (unpaired) electrons. The van der Waals surface area contributed by atoms with E-state index in [1.807, 2.05) is 0 Å².